The van der Waals surface area contributed by atoms with Gasteiger partial charge in [-0.1, -0.05) is 18.5 Å². The van der Waals surface area contributed by atoms with E-state index in [1.165, 1.54) is 0 Å². The summed E-state index contributed by atoms with van der Waals surface area (Å²) in [5.74, 6) is 0.323. The molecule has 2 rings (SSSR count). The van der Waals surface area contributed by atoms with Crippen LogP contribution >= 0.6 is 11.6 Å². The van der Waals surface area contributed by atoms with Crippen LogP contribution in [0.3, 0.4) is 0 Å². The molecule has 1 aliphatic rings. The first-order valence-electron chi connectivity index (χ1n) is 7.30. The molecule has 4 heteroatoms. The van der Waals surface area contributed by atoms with Gasteiger partial charge in [-0.05, 0) is 56.6 Å². The molecule has 110 valence electrons. The Morgan fingerprint density at radius 2 is 1.95 bits per heavy atom. The lowest BCUT2D eigenvalue weighted by molar-refractivity contribution is 0.0719. The van der Waals surface area contributed by atoms with Crippen LogP contribution in [0.1, 0.15) is 36.5 Å². The van der Waals surface area contributed by atoms with E-state index in [4.69, 9.17) is 11.6 Å². The molecule has 0 radical (unpaired) electrons. The molecule has 0 aliphatic carbocycles. The predicted octanol–water partition coefficient (Wildman–Crippen LogP) is 3.01. The van der Waals surface area contributed by atoms with E-state index in [0.29, 0.717) is 5.02 Å². The Hall–Kier alpha value is -0.900. The first kappa shape index (κ1) is 15.5. The minimum atomic E-state index is -0.251. The molecule has 1 aromatic rings. The van der Waals surface area contributed by atoms with Crippen molar-refractivity contribution >= 4 is 17.4 Å². The number of aliphatic hydroxyl groups excluding tert-OH is 1. The molecule has 1 fully saturated rings. The van der Waals surface area contributed by atoms with Crippen LogP contribution in [0, 0.1) is 5.92 Å². The first-order chi connectivity index (χ1) is 9.60. The van der Waals surface area contributed by atoms with Crippen molar-refractivity contribution in [2.24, 2.45) is 5.92 Å². The van der Waals surface area contributed by atoms with Crippen molar-refractivity contribution in [2.75, 3.05) is 19.6 Å². The van der Waals surface area contributed by atoms with Crippen molar-refractivity contribution in [3.8, 4) is 0 Å². The second-order valence-electron chi connectivity index (χ2n) is 5.51. The summed E-state index contributed by atoms with van der Waals surface area (Å²) in [5, 5.41) is 10.3. The second-order valence-corrected chi connectivity index (χ2v) is 5.94. The van der Waals surface area contributed by atoms with Crippen molar-refractivity contribution in [1.29, 1.82) is 0 Å². The van der Waals surface area contributed by atoms with Gasteiger partial charge in [-0.2, -0.15) is 0 Å². The highest BCUT2D eigenvalue weighted by Crippen LogP contribution is 2.23. The number of nitrogens with zero attached hydrogens (tertiary/aromatic N) is 1. The van der Waals surface area contributed by atoms with E-state index in [2.05, 4.69) is 4.90 Å². The fraction of sp³-hybridized carbons (Fsp3) is 0.562. The van der Waals surface area contributed by atoms with Gasteiger partial charge in [0.25, 0.3) is 0 Å². The van der Waals surface area contributed by atoms with Crippen molar-refractivity contribution in [3.05, 3.63) is 34.9 Å². The lowest BCUT2D eigenvalue weighted by atomic mass is 9.89. The number of carbonyl (C=O) groups is 1. The van der Waals surface area contributed by atoms with Gasteiger partial charge in [0.05, 0.1) is 6.10 Å². The van der Waals surface area contributed by atoms with Crippen LogP contribution in [0.15, 0.2) is 24.3 Å². The highest BCUT2D eigenvalue weighted by atomic mass is 35.5. The number of hydrogen-bond acceptors (Lipinski definition) is 3. The average molecular weight is 296 g/mol. The maximum absolute atomic E-state index is 12.4. The van der Waals surface area contributed by atoms with Crippen molar-refractivity contribution in [2.45, 2.75) is 32.3 Å². The maximum Gasteiger partial charge on any atom is 0.166 e. The molecule has 3 nitrogen and oxygen atoms in total. The van der Waals surface area contributed by atoms with Crippen LogP contribution in [0.25, 0.3) is 0 Å². The molecular formula is C16H22ClNO2. The van der Waals surface area contributed by atoms with Gasteiger partial charge in [0, 0.05) is 23.0 Å². The number of halogens is 1. The number of aliphatic hydroxyl groups is 1. The molecule has 1 atom stereocenters. The van der Waals surface area contributed by atoms with Crippen molar-refractivity contribution in [3.63, 3.8) is 0 Å². The van der Waals surface area contributed by atoms with E-state index < -0.39 is 0 Å². The number of carbonyl (C=O) groups excluding carboxylic acids is 1. The molecule has 0 aromatic heterocycles. The quantitative estimate of drug-likeness (QED) is 0.849. The van der Waals surface area contributed by atoms with Crippen LogP contribution in [0.5, 0.6) is 0 Å². The topological polar surface area (TPSA) is 40.5 Å². The molecule has 20 heavy (non-hydrogen) atoms. The number of likely N-dealkylation sites (tertiary alicyclic amines) is 1. The Kier molecular flexibility index (Phi) is 5.58. The largest absolute Gasteiger partial charge is 0.392 e. The van der Waals surface area contributed by atoms with E-state index in [9.17, 15) is 9.90 Å². The molecule has 1 aliphatic heterocycles. The number of ketones is 1. The minimum Gasteiger partial charge on any atom is -0.392 e. The number of Topliss-reactive ketones (excluding diaryl/α,β-unsaturated/α-hetero) is 1. The Labute approximate surface area is 125 Å². The van der Waals surface area contributed by atoms with E-state index in [-0.39, 0.29) is 17.8 Å². The SMILES string of the molecule is CCC(O)CN1CCC(C(=O)c2ccc(Cl)cc2)CC1. The zero-order chi connectivity index (χ0) is 14.5. The molecule has 0 bridgehead atoms. The van der Waals surface area contributed by atoms with Gasteiger partial charge in [-0.25, -0.2) is 0 Å². The second kappa shape index (κ2) is 7.21. The highest BCUT2D eigenvalue weighted by molar-refractivity contribution is 6.30. The number of hydrogen-bond donors (Lipinski definition) is 1. The van der Waals surface area contributed by atoms with E-state index in [1.807, 2.05) is 6.92 Å². The number of piperidine rings is 1. The molecule has 1 heterocycles. The number of benzene rings is 1. The van der Waals surface area contributed by atoms with Crippen LogP contribution in [0.4, 0.5) is 0 Å². The van der Waals surface area contributed by atoms with Gasteiger partial charge in [0.15, 0.2) is 5.78 Å². The third-order valence-electron chi connectivity index (χ3n) is 4.03. The van der Waals surface area contributed by atoms with Crippen molar-refractivity contribution < 1.29 is 9.90 Å². The lowest BCUT2D eigenvalue weighted by Crippen LogP contribution is -2.40. The zero-order valence-electron chi connectivity index (χ0n) is 11.9. The van der Waals surface area contributed by atoms with Gasteiger partial charge < -0.3 is 10.0 Å². The lowest BCUT2D eigenvalue weighted by Gasteiger charge is -2.32. The third-order valence-corrected chi connectivity index (χ3v) is 4.28. The minimum absolute atomic E-state index is 0.103. The Morgan fingerprint density at radius 3 is 2.50 bits per heavy atom. The Bertz CT molecular complexity index is 438. The van der Waals surface area contributed by atoms with Crippen molar-refractivity contribution in [1.82, 2.24) is 4.90 Å². The third kappa shape index (κ3) is 4.05. The summed E-state index contributed by atoms with van der Waals surface area (Å²) in [6.45, 7) is 4.49. The number of β-amino-alcohol motifs (C(OH)–C–C–N with tert-alkyl or cyclic N) is 1. The molecule has 0 amide bonds. The first-order valence-corrected chi connectivity index (χ1v) is 7.68. The van der Waals surface area contributed by atoms with Gasteiger partial charge in [-0.15, -0.1) is 0 Å². The number of rotatable bonds is 5. The van der Waals surface area contributed by atoms with Crippen LogP contribution in [-0.2, 0) is 0 Å². The van der Waals surface area contributed by atoms with Crippen LogP contribution in [0.2, 0.25) is 5.02 Å². The highest BCUT2D eigenvalue weighted by Gasteiger charge is 2.26. The van der Waals surface area contributed by atoms with Gasteiger partial charge in [0.1, 0.15) is 0 Å². The Morgan fingerprint density at radius 1 is 1.35 bits per heavy atom. The molecule has 1 unspecified atom stereocenters. The standard InChI is InChI=1S/C16H22ClNO2/c1-2-15(19)11-18-9-7-13(8-10-18)16(20)12-3-5-14(17)6-4-12/h3-6,13,15,19H,2,7-11H2,1H3. The molecule has 0 saturated carbocycles. The summed E-state index contributed by atoms with van der Waals surface area (Å²) in [6.07, 6.45) is 2.28. The van der Waals surface area contributed by atoms with Crippen LogP contribution in [-0.4, -0.2) is 41.5 Å². The summed E-state index contributed by atoms with van der Waals surface area (Å²) in [5.41, 5.74) is 0.751. The Balaban J connectivity index is 1.87. The van der Waals surface area contributed by atoms with E-state index in [0.717, 1.165) is 44.5 Å². The fourth-order valence-corrected chi connectivity index (χ4v) is 2.78. The monoisotopic (exact) mass is 295 g/mol. The average Bonchev–Trinajstić information content (AvgIpc) is 2.48. The summed E-state index contributed by atoms with van der Waals surface area (Å²) in [6, 6.07) is 7.14. The summed E-state index contributed by atoms with van der Waals surface area (Å²) < 4.78 is 0. The van der Waals surface area contributed by atoms with Gasteiger partial charge in [0.2, 0.25) is 0 Å². The summed E-state index contributed by atoms with van der Waals surface area (Å²) in [4.78, 5) is 14.6. The van der Waals surface area contributed by atoms with Crippen LogP contribution < -0.4 is 0 Å². The molecule has 1 saturated heterocycles. The fourth-order valence-electron chi connectivity index (χ4n) is 2.65. The van der Waals surface area contributed by atoms with Gasteiger partial charge in [-0.3, -0.25) is 4.79 Å². The molecule has 0 spiro atoms. The zero-order valence-corrected chi connectivity index (χ0v) is 12.6. The predicted molar refractivity (Wildman–Crippen MR) is 81.2 cm³/mol. The smallest absolute Gasteiger partial charge is 0.166 e. The normalized spacial score (nSPS) is 18.9. The molecule has 1 aromatic carbocycles. The van der Waals surface area contributed by atoms with Gasteiger partial charge >= 0.3 is 0 Å². The van der Waals surface area contributed by atoms with E-state index in [1.54, 1.807) is 24.3 Å². The van der Waals surface area contributed by atoms with E-state index >= 15 is 0 Å². The summed E-state index contributed by atoms with van der Waals surface area (Å²) in [7, 11) is 0. The molecular weight excluding hydrogens is 274 g/mol. The maximum atomic E-state index is 12.4. The summed E-state index contributed by atoms with van der Waals surface area (Å²) >= 11 is 5.84. The molecule has 1 N–H and O–H groups in total.